The third-order valence-corrected chi connectivity index (χ3v) is 6.42. The number of ether oxygens (including phenoxy) is 4. The molecule has 0 radical (unpaired) electrons. The predicted molar refractivity (Wildman–Crippen MR) is 145 cm³/mol. The molecule has 3 aromatic rings. The van der Waals surface area contributed by atoms with E-state index in [0.717, 1.165) is 28.1 Å². The number of fused-ring (bicyclic) bond motifs is 1. The second kappa shape index (κ2) is 11.0. The SMILES string of the molecule is COc1ccc(NC[C@@H]2Cc3cc(OC)c(OC)cc3[C@H](c3ccccc3)N2C(=O)OC(C)(C)C)cc1. The molecular formula is C30H36N2O5. The van der Waals surface area contributed by atoms with Crippen molar-refractivity contribution in [2.45, 2.75) is 44.9 Å². The summed E-state index contributed by atoms with van der Waals surface area (Å²) in [4.78, 5) is 15.7. The molecule has 1 amide bonds. The molecule has 0 saturated heterocycles. The number of nitrogens with zero attached hydrogens (tertiary/aromatic N) is 1. The number of carbonyl (C=O) groups excluding carboxylic acids is 1. The van der Waals surface area contributed by atoms with Crippen LogP contribution >= 0.6 is 0 Å². The summed E-state index contributed by atoms with van der Waals surface area (Å²) in [5, 5.41) is 3.51. The van der Waals surface area contributed by atoms with Crippen LogP contribution in [-0.2, 0) is 11.2 Å². The van der Waals surface area contributed by atoms with Gasteiger partial charge in [0, 0.05) is 12.2 Å². The van der Waals surface area contributed by atoms with Crippen molar-refractivity contribution in [3.8, 4) is 17.2 Å². The van der Waals surface area contributed by atoms with E-state index < -0.39 is 5.60 Å². The summed E-state index contributed by atoms with van der Waals surface area (Å²) in [7, 11) is 4.91. The van der Waals surface area contributed by atoms with Crippen LogP contribution in [0.2, 0.25) is 0 Å². The molecule has 0 bridgehead atoms. The van der Waals surface area contributed by atoms with Gasteiger partial charge in [0.15, 0.2) is 11.5 Å². The Labute approximate surface area is 219 Å². The van der Waals surface area contributed by atoms with E-state index in [1.165, 1.54) is 0 Å². The molecular weight excluding hydrogens is 468 g/mol. The molecule has 1 aliphatic heterocycles. The maximum absolute atomic E-state index is 13.8. The van der Waals surface area contributed by atoms with E-state index in [4.69, 9.17) is 18.9 Å². The largest absolute Gasteiger partial charge is 0.497 e. The predicted octanol–water partition coefficient (Wildman–Crippen LogP) is 6.08. The molecule has 7 nitrogen and oxygen atoms in total. The molecule has 0 fully saturated rings. The van der Waals surface area contributed by atoms with E-state index >= 15 is 0 Å². The first-order chi connectivity index (χ1) is 17.7. The van der Waals surface area contributed by atoms with Crippen LogP contribution in [0, 0.1) is 0 Å². The highest BCUT2D eigenvalue weighted by atomic mass is 16.6. The highest BCUT2D eigenvalue weighted by Gasteiger charge is 2.41. The van der Waals surface area contributed by atoms with Crippen LogP contribution in [0.4, 0.5) is 10.5 Å². The normalized spacial score (nSPS) is 17.0. The summed E-state index contributed by atoms with van der Waals surface area (Å²) in [5.74, 6) is 2.08. The lowest BCUT2D eigenvalue weighted by Gasteiger charge is -2.44. The fourth-order valence-corrected chi connectivity index (χ4v) is 4.74. The van der Waals surface area contributed by atoms with Gasteiger partial charge >= 0.3 is 6.09 Å². The van der Waals surface area contributed by atoms with Gasteiger partial charge in [0.05, 0.1) is 33.4 Å². The average Bonchev–Trinajstić information content (AvgIpc) is 2.89. The van der Waals surface area contributed by atoms with Crippen molar-refractivity contribution in [3.63, 3.8) is 0 Å². The smallest absolute Gasteiger partial charge is 0.411 e. The number of rotatable bonds is 7. The van der Waals surface area contributed by atoms with Crippen molar-refractivity contribution < 1.29 is 23.7 Å². The summed E-state index contributed by atoms with van der Waals surface area (Å²) in [5.41, 5.74) is 3.41. The minimum atomic E-state index is -0.635. The molecule has 0 aromatic heterocycles. The van der Waals surface area contributed by atoms with Gasteiger partial charge < -0.3 is 24.3 Å². The van der Waals surface area contributed by atoms with Gasteiger partial charge in [0.2, 0.25) is 0 Å². The third kappa shape index (κ3) is 5.93. The Hall–Kier alpha value is -3.87. The van der Waals surface area contributed by atoms with Gasteiger partial charge in [0.1, 0.15) is 11.4 Å². The Kier molecular flexibility index (Phi) is 7.81. The Balaban J connectivity index is 1.79. The molecule has 0 saturated carbocycles. The van der Waals surface area contributed by atoms with Gasteiger partial charge in [0.25, 0.3) is 0 Å². The number of nitrogens with one attached hydrogen (secondary N) is 1. The quantitative estimate of drug-likeness (QED) is 0.421. The van der Waals surface area contributed by atoms with Crippen molar-refractivity contribution in [1.29, 1.82) is 0 Å². The monoisotopic (exact) mass is 504 g/mol. The molecule has 1 heterocycles. The van der Waals surface area contributed by atoms with Gasteiger partial charge in [-0.25, -0.2) is 4.79 Å². The average molecular weight is 505 g/mol. The Bertz CT molecular complexity index is 1210. The van der Waals surface area contributed by atoms with Crippen molar-refractivity contribution in [2.75, 3.05) is 33.2 Å². The zero-order valence-electron chi connectivity index (χ0n) is 22.4. The number of amides is 1. The summed E-state index contributed by atoms with van der Waals surface area (Å²) in [6, 6.07) is 21.3. The topological polar surface area (TPSA) is 69.3 Å². The maximum atomic E-state index is 13.8. The Morgan fingerprint density at radius 3 is 2.16 bits per heavy atom. The molecule has 7 heteroatoms. The molecule has 1 aliphatic rings. The van der Waals surface area contributed by atoms with E-state index in [1.54, 1.807) is 21.3 Å². The van der Waals surface area contributed by atoms with E-state index in [0.29, 0.717) is 24.5 Å². The standard InChI is InChI=1S/C30H36N2O5/c1-30(2,3)37-29(33)32-23(19-31-22-12-14-24(34-4)15-13-22)16-21-17-26(35-5)27(36-6)18-25(21)28(32)20-10-8-7-9-11-20/h7-15,17-18,23,28,31H,16,19H2,1-6H3/t23-,28-/m0/s1. The van der Waals surface area contributed by atoms with Gasteiger partial charge in [-0.2, -0.15) is 0 Å². The molecule has 3 aromatic carbocycles. The lowest BCUT2D eigenvalue weighted by atomic mass is 9.84. The molecule has 4 rings (SSSR count). The number of carbonyl (C=O) groups is 1. The summed E-state index contributed by atoms with van der Waals surface area (Å²) in [6.07, 6.45) is 0.268. The van der Waals surface area contributed by atoms with Crippen molar-refractivity contribution in [3.05, 3.63) is 83.4 Å². The van der Waals surface area contributed by atoms with Crippen LogP contribution in [-0.4, -0.2) is 50.5 Å². The molecule has 2 atom stereocenters. The van der Waals surface area contributed by atoms with Crippen molar-refractivity contribution in [2.24, 2.45) is 0 Å². The first-order valence-corrected chi connectivity index (χ1v) is 12.4. The van der Waals surface area contributed by atoms with Crippen LogP contribution in [0.25, 0.3) is 0 Å². The fraction of sp³-hybridized carbons (Fsp3) is 0.367. The van der Waals surface area contributed by atoms with Crippen LogP contribution in [0.3, 0.4) is 0 Å². The van der Waals surface area contributed by atoms with Gasteiger partial charge in [-0.05, 0) is 80.3 Å². The zero-order valence-corrected chi connectivity index (χ0v) is 22.4. The summed E-state index contributed by atoms with van der Waals surface area (Å²) in [6.45, 7) is 6.19. The van der Waals surface area contributed by atoms with E-state index in [9.17, 15) is 4.79 Å². The fourth-order valence-electron chi connectivity index (χ4n) is 4.74. The number of anilines is 1. The van der Waals surface area contributed by atoms with Gasteiger partial charge in [-0.15, -0.1) is 0 Å². The number of hydrogen-bond acceptors (Lipinski definition) is 6. The van der Waals surface area contributed by atoms with Crippen molar-refractivity contribution >= 4 is 11.8 Å². The number of benzene rings is 3. The van der Waals surface area contributed by atoms with E-state index in [2.05, 4.69) is 5.32 Å². The second-order valence-electron chi connectivity index (χ2n) is 10.1. The molecule has 0 spiro atoms. The van der Waals surface area contributed by atoms with E-state index in [1.807, 2.05) is 92.4 Å². The third-order valence-electron chi connectivity index (χ3n) is 6.42. The minimum Gasteiger partial charge on any atom is -0.497 e. The highest BCUT2D eigenvalue weighted by molar-refractivity contribution is 5.72. The zero-order chi connectivity index (χ0) is 26.6. The molecule has 0 aliphatic carbocycles. The Morgan fingerprint density at radius 1 is 0.919 bits per heavy atom. The highest BCUT2D eigenvalue weighted by Crippen LogP contribution is 2.43. The first-order valence-electron chi connectivity index (χ1n) is 12.4. The Morgan fingerprint density at radius 2 is 1.57 bits per heavy atom. The van der Waals surface area contributed by atoms with Crippen LogP contribution in [0.1, 0.15) is 43.5 Å². The molecule has 37 heavy (non-hydrogen) atoms. The molecule has 0 unspecified atom stereocenters. The first kappa shape index (κ1) is 26.2. The lowest BCUT2D eigenvalue weighted by molar-refractivity contribution is 0.00740. The summed E-state index contributed by atoms with van der Waals surface area (Å²) < 4.78 is 22.5. The van der Waals surface area contributed by atoms with Crippen LogP contribution in [0.5, 0.6) is 17.2 Å². The number of hydrogen-bond donors (Lipinski definition) is 1. The number of methoxy groups -OCH3 is 3. The summed E-state index contributed by atoms with van der Waals surface area (Å²) >= 11 is 0. The molecule has 196 valence electrons. The van der Waals surface area contributed by atoms with Gasteiger partial charge in [-0.3, -0.25) is 4.90 Å². The van der Waals surface area contributed by atoms with E-state index in [-0.39, 0.29) is 18.2 Å². The van der Waals surface area contributed by atoms with Gasteiger partial charge in [-0.1, -0.05) is 30.3 Å². The second-order valence-corrected chi connectivity index (χ2v) is 10.1. The molecule has 1 N–H and O–H groups in total. The minimum absolute atomic E-state index is 0.187. The van der Waals surface area contributed by atoms with Crippen LogP contribution in [0.15, 0.2) is 66.7 Å². The maximum Gasteiger partial charge on any atom is 0.411 e. The van der Waals surface area contributed by atoms with Crippen molar-refractivity contribution in [1.82, 2.24) is 4.90 Å². The lowest BCUT2D eigenvalue weighted by Crippen LogP contribution is -2.52. The van der Waals surface area contributed by atoms with Crippen LogP contribution < -0.4 is 19.5 Å².